The molecule has 0 aromatic rings. The van der Waals surface area contributed by atoms with Crippen molar-refractivity contribution in [1.29, 1.82) is 0 Å². The van der Waals surface area contributed by atoms with E-state index < -0.39 is 0 Å². The summed E-state index contributed by atoms with van der Waals surface area (Å²) in [5, 5.41) is 0. The molecular weight excluding hydrogens is 402 g/mol. The van der Waals surface area contributed by atoms with Crippen molar-refractivity contribution in [1.82, 2.24) is 0 Å². The molecular formula is C24H52ClNS2. The Balaban J connectivity index is 0. The lowest BCUT2D eigenvalue weighted by Gasteiger charge is -2.24. The average molecular weight is 454 g/mol. The van der Waals surface area contributed by atoms with Crippen LogP contribution in [0, 0.1) is 0 Å². The lowest BCUT2D eigenvalue weighted by molar-refractivity contribution is -0.641. The van der Waals surface area contributed by atoms with Gasteiger partial charge < -0.3 is 12.4 Å². The smallest absolute Gasteiger partial charge is 0.0998 e. The van der Waals surface area contributed by atoms with Crippen molar-refractivity contribution < 1.29 is 15.7 Å². The third-order valence-corrected chi connectivity index (χ3v) is 6.54. The Hall–Kier alpha value is 0.950. The van der Waals surface area contributed by atoms with Crippen molar-refractivity contribution in [3.63, 3.8) is 0 Å². The second-order valence-electron chi connectivity index (χ2n) is 8.69. The van der Waals surface area contributed by atoms with Gasteiger partial charge in [-0.25, -0.2) is 3.29 Å². The van der Waals surface area contributed by atoms with Gasteiger partial charge in [0.15, 0.2) is 0 Å². The van der Waals surface area contributed by atoms with Crippen LogP contribution in [0.3, 0.4) is 0 Å². The van der Waals surface area contributed by atoms with Crippen LogP contribution in [0.4, 0.5) is 0 Å². The predicted octanol–water partition coefficient (Wildman–Crippen LogP) is 6.34. The Morgan fingerprint density at radius 1 is 0.393 bits per heavy atom. The lowest BCUT2D eigenvalue weighted by atomic mass is 10.1. The highest BCUT2D eigenvalue weighted by Gasteiger charge is 2.17. The molecule has 0 heterocycles. The van der Waals surface area contributed by atoms with Gasteiger partial charge in [-0.15, -0.1) is 0 Å². The van der Waals surface area contributed by atoms with Gasteiger partial charge in [-0.2, -0.15) is 0 Å². The zero-order valence-corrected chi connectivity index (χ0v) is 21.8. The van der Waals surface area contributed by atoms with Crippen LogP contribution in [0.25, 0.3) is 0 Å². The van der Waals surface area contributed by atoms with E-state index >= 15 is 0 Å². The summed E-state index contributed by atoms with van der Waals surface area (Å²) in [5.41, 5.74) is 0. The van der Waals surface area contributed by atoms with Crippen LogP contribution in [0.15, 0.2) is 0 Å². The second-order valence-corrected chi connectivity index (χ2v) is 10.5. The molecule has 0 aliphatic heterocycles. The minimum absolute atomic E-state index is 0. The molecule has 28 heavy (non-hydrogen) atoms. The topological polar surface area (TPSA) is 0 Å². The number of hydrogen-bond acceptors (Lipinski definition) is 2. The standard InChI is InChI=1S/C24H52NS2.ClH/c1-3-5-7-9-11-13-15-17-19-21-23-25(26,27)24-22-20-18-16-14-12-10-8-6-4-2;/h26-27H,3-24H2,1-2H3;1H/q+1;/p-1. The first-order chi connectivity index (χ1) is 13.1. The molecule has 0 saturated heterocycles. The van der Waals surface area contributed by atoms with Crippen molar-refractivity contribution >= 4 is 25.6 Å². The van der Waals surface area contributed by atoms with Gasteiger partial charge in [-0.3, -0.25) is 0 Å². The number of unbranched alkanes of at least 4 members (excludes halogenated alkanes) is 18. The highest BCUT2D eigenvalue weighted by Crippen LogP contribution is 2.21. The molecule has 0 aliphatic carbocycles. The summed E-state index contributed by atoms with van der Waals surface area (Å²) in [6.07, 6.45) is 28.0. The van der Waals surface area contributed by atoms with E-state index in [2.05, 4.69) is 13.8 Å². The molecule has 172 valence electrons. The van der Waals surface area contributed by atoms with Gasteiger partial charge in [0.2, 0.25) is 0 Å². The van der Waals surface area contributed by atoms with Crippen molar-refractivity contribution in [2.45, 2.75) is 142 Å². The predicted molar refractivity (Wildman–Crippen MR) is 132 cm³/mol. The molecule has 0 bridgehead atoms. The second kappa shape index (κ2) is 24.2. The Kier molecular flexibility index (Phi) is 26.9. The molecule has 0 rings (SSSR count). The third-order valence-electron chi connectivity index (χ3n) is 5.74. The first-order valence-corrected chi connectivity index (χ1v) is 13.2. The first-order valence-electron chi connectivity index (χ1n) is 12.4. The van der Waals surface area contributed by atoms with Crippen molar-refractivity contribution in [2.24, 2.45) is 0 Å². The molecule has 0 aliphatic rings. The third kappa shape index (κ3) is 25.0. The van der Waals surface area contributed by atoms with Crippen molar-refractivity contribution in [2.75, 3.05) is 13.1 Å². The number of rotatable bonds is 22. The normalized spacial score (nSPS) is 11.6. The minimum Gasteiger partial charge on any atom is -1.00 e. The van der Waals surface area contributed by atoms with Crippen molar-refractivity contribution in [3.8, 4) is 0 Å². The van der Waals surface area contributed by atoms with E-state index in [0.717, 1.165) is 13.1 Å². The zero-order chi connectivity index (χ0) is 20.1. The number of quaternary nitrogens is 1. The summed E-state index contributed by atoms with van der Waals surface area (Å²) in [7, 11) is 0. The van der Waals surface area contributed by atoms with Gasteiger partial charge in [0.1, 0.15) is 0 Å². The van der Waals surface area contributed by atoms with E-state index in [1.807, 2.05) is 0 Å². The van der Waals surface area contributed by atoms with Gasteiger partial charge in [0, 0.05) is 0 Å². The van der Waals surface area contributed by atoms with E-state index in [-0.39, 0.29) is 12.4 Å². The SMILES string of the molecule is CCCCCCCCCCCC[N+](S)(S)CCCCCCCCCCCC.[Cl-]. The summed E-state index contributed by atoms with van der Waals surface area (Å²) in [6, 6.07) is 0. The zero-order valence-electron chi connectivity index (χ0n) is 19.3. The van der Waals surface area contributed by atoms with Gasteiger partial charge in [0.25, 0.3) is 0 Å². The van der Waals surface area contributed by atoms with Crippen LogP contribution < -0.4 is 12.4 Å². The molecule has 0 amide bonds. The molecule has 0 aromatic carbocycles. The highest BCUT2D eigenvalue weighted by atomic mass is 35.5. The molecule has 0 fully saturated rings. The molecule has 1 nitrogen and oxygen atoms in total. The Labute approximate surface area is 196 Å². The summed E-state index contributed by atoms with van der Waals surface area (Å²) in [6.45, 7) is 6.80. The van der Waals surface area contributed by atoms with E-state index in [0.29, 0.717) is 3.29 Å². The summed E-state index contributed by atoms with van der Waals surface area (Å²) in [4.78, 5) is 0. The minimum atomic E-state index is 0. The summed E-state index contributed by atoms with van der Waals surface area (Å²) < 4.78 is 0.633. The van der Waals surface area contributed by atoms with E-state index in [4.69, 9.17) is 25.6 Å². The van der Waals surface area contributed by atoms with Crippen molar-refractivity contribution in [3.05, 3.63) is 0 Å². The van der Waals surface area contributed by atoms with Gasteiger partial charge in [0.05, 0.1) is 38.7 Å². The molecule has 0 unspecified atom stereocenters. The maximum atomic E-state index is 4.77. The van der Waals surface area contributed by atoms with Gasteiger partial charge in [-0.05, 0) is 25.7 Å². The largest absolute Gasteiger partial charge is 1.00 e. The highest BCUT2D eigenvalue weighted by molar-refractivity contribution is 7.87. The van der Waals surface area contributed by atoms with E-state index in [9.17, 15) is 0 Å². The molecule has 0 atom stereocenters. The number of thiol groups is 2. The quantitative estimate of drug-likeness (QED) is 0.107. The van der Waals surface area contributed by atoms with Crippen LogP contribution in [-0.2, 0) is 0 Å². The number of hydrogen-bond donors (Lipinski definition) is 2. The van der Waals surface area contributed by atoms with Crippen LogP contribution in [0.5, 0.6) is 0 Å². The van der Waals surface area contributed by atoms with E-state index in [1.54, 1.807) is 0 Å². The summed E-state index contributed by atoms with van der Waals surface area (Å²) >= 11 is 9.54. The lowest BCUT2D eigenvalue weighted by Crippen LogP contribution is -3.00. The average Bonchev–Trinajstić information content (AvgIpc) is 2.64. The fourth-order valence-corrected chi connectivity index (χ4v) is 4.38. The number of halogens is 1. The van der Waals surface area contributed by atoms with E-state index in [1.165, 1.54) is 128 Å². The monoisotopic (exact) mass is 453 g/mol. The molecule has 0 aromatic heterocycles. The number of nitrogens with zero attached hydrogens (tertiary/aromatic N) is 1. The Morgan fingerprint density at radius 2 is 0.607 bits per heavy atom. The van der Waals surface area contributed by atoms with Crippen LogP contribution in [-0.4, -0.2) is 16.4 Å². The van der Waals surface area contributed by atoms with Crippen LogP contribution >= 0.6 is 25.6 Å². The fourth-order valence-electron chi connectivity index (χ4n) is 3.82. The Bertz CT molecular complexity index is 262. The summed E-state index contributed by atoms with van der Waals surface area (Å²) in [5.74, 6) is 0. The maximum absolute atomic E-state index is 4.77. The molecule has 0 saturated carbocycles. The maximum Gasteiger partial charge on any atom is 0.0998 e. The first kappa shape index (κ1) is 31.1. The van der Waals surface area contributed by atoms with Gasteiger partial charge >= 0.3 is 0 Å². The molecule has 0 spiro atoms. The Morgan fingerprint density at radius 3 is 0.857 bits per heavy atom. The molecule has 0 N–H and O–H groups in total. The molecule has 0 radical (unpaired) electrons. The van der Waals surface area contributed by atoms with Gasteiger partial charge in [-0.1, -0.05) is 117 Å². The fraction of sp³-hybridized carbons (Fsp3) is 1.00. The molecule has 4 heteroatoms. The van der Waals surface area contributed by atoms with Crippen LogP contribution in [0.2, 0.25) is 0 Å². The van der Waals surface area contributed by atoms with Crippen LogP contribution in [0.1, 0.15) is 142 Å².